The van der Waals surface area contributed by atoms with E-state index >= 15 is 0 Å². The predicted octanol–water partition coefficient (Wildman–Crippen LogP) is 1.26. The molecule has 1 aliphatic heterocycles. The summed E-state index contributed by atoms with van der Waals surface area (Å²) in [4.78, 5) is 49.1. The van der Waals surface area contributed by atoms with Gasteiger partial charge in [0.1, 0.15) is 17.8 Å². The van der Waals surface area contributed by atoms with Crippen LogP contribution in [-0.2, 0) is 30.2 Å². The Balaban J connectivity index is 1.54. The maximum atomic E-state index is 13.6. The van der Waals surface area contributed by atoms with Crippen molar-refractivity contribution in [1.29, 1.82) is 0 Å². The van der Waals surface area contributed by atoms with Crippen molar-refractivity contribution in [1.82, 2.24) is 23.7 Å². The average Bonchev–Trinajstić information content (AvgIpc) is 3.59. The second-order valence-corrected chi connectivity index (χ2v) is 9.20. The second kappa shape index (κ2) is 8.69. The highest BCUT2D eigenvalue weighted by Gasteiger charge is 2.27. The number of carbonyl (C=O) groups is 1. The molecule has 1 fully saturated rings. The van der Waals surface area contributed by atoms with E-state index in [1.165, 1.54) is 33.8 Å². The molecular formula is C22H24N6O5S. The lowest BCUT2D eigenvalue weighted by Crippen LogP contribution is -2.40. The van der Waals surface area contributed by atoms with Gasteiger partial charge in [-0.25, -0.2) is 14.8 Å². The third-order valence-electron chi connectivity index (χ3n) is 6.06. The number of ether oxygens (including phenoxy) is 2. The third-order valence-corrected chi connectivity index (χ3v) is 7.10. The molecule has 1 aromatic carbocycles. The van der Waals surface area contributed by atoms with E-state index in [-0.39, 0.29) is 29.7 Å². The van der Waals surface area contributed by atoms with Crippen molar-refractivity contribution in [2.45, 2.75) is 25.5 Å². The van der Waals surface area contributed by atoms with E-state index in [0.29, 0.717) is 29.5 Å². The van der Waals surface area contributed by atoms with Gasteiger partial charge in [-0.3, -0.25) is 23.6 Å². The number of nitrogens with zero attached hydrogens (tertiary/aromatic N) is 6. The number of fused-ring (bicyclic) bond motifs is 2. The Morgan fingerprint density at radius 2 is 2.12 bits per heavy atom. The Morgan fingerprint density at radius 3 is 2.85 bits per heavy atom. The zero-order valence-electron chi connectivity index (χ0n) is 19.1. The third kappa shape index (κ3) is 3.68. The van der Waals surface area contributed by atoms with Crippen LogP contribution in [0.2, 0.25) is 0 Å². The lowest BCUT2D eigenvalue weighted by Gasteiger charge is -2.23. The van der Waals surface area contributed by atoms with E-state index < -0.39 is 11.2 Å². The van der Waals surface area contributed by atoms with E-state index in [0.717, 1.165) is 22.1 Å². The summed E-state index contributed by atoms with van der Waals surface area (Å²) in [6, 6.07) is 5.64. The summed E-state index contributed by atoms with van der Waals surface area (Å²) in [6.45, 7) is 0.879. The number of anilines is 1. The minimum absolute atomic E-state index is 0.0916. The van der Waals surface area contributed by atoms with Crippen LogP contribution < -0.4 is 20.9 Å². The van der Waals surface area contributed by atoms with Crippen molar-refractivity contribution in [3.05, 3.63) is 45.4 Å². The SMILES string of the molecule is COc1cccc2sc(N(CC3CCCO3)C(=O)Cn3cnc4c3c(=O)n(C)c(=O)n4C)nc12. The fourth-order valence-corrected chi connectivity index (χ4v) is 5.23. The maximum Gasteiger partial charge on any atom is 0.332 e. The van der Waals surface area contributed by atoms with Crippen molar-refractivity contribution in [2.75, 3.05) is 25.2 Å². The lowest BCUT2D eigenvalue weighted by molar-refractivity contribution is -0.119. The fourth-order valence-electron chi connectivity index (χ4n) is 4.22. The number of aromatic nitrogens is 5. The number of amides is 1. The highest BCUT2D eigenvalue weighted by atomic mass is 32.1. The zero-order chi connectivity index (χ0) is 24.0. The monoisotopic (exact) mass is 484 g/mol. The normalized spacial score (nSPS) is 15.9. The van der Waals surface area contributed by atoms with Gasteiger partial charge in [0, 0.05) is 20.7 Å². The first-order valence-electron chi connectivity index (χ1n) is 10.9. The quantitative estimate of drug-likeness (QED) is 0.405. The largest absolute Gasteiger partial charge is 0.494 e. The number of carbonyl (C=O) groups excluding carboxylic acids is 1. The van der Waals surface area contributed by atoms with Crippen LogP contribution in [0.1, 0.15) is 12.8 Å². The molecule has 0 radical (unpaired) electrons. The molecule has 0 N–H and O–H groups in total. The highest BCUT2D eigenvalue weighted by molar-refractivity contribution is 7.22. The molecule has 1 unspecified atom stereocenters. The number of para-hydroxylation sites is 1. The number of methoxy groups -OCH3 is 1. The van der Waals surface area contributed by atoms with Gasteiger partial charge in [0.2, 0.25) is 5.91 Å². The molecule has 1 saturated heterocycles. The Bertz CT molecular complexity index is 1510. The first-order valence-corrected chi connectivity index (χ1v) is 11.7. The second-order valence-electron chi connectivity index (χ2n) is 8.19. The first-order chi connectivity index (χ1) is 16.4. The molecule has 0 aliphatic carbocycles. The van der Waals surface area contributed by atoms with Crippen LogP contribution >= 0.6 is 11.3 Å². The summed E-state index contributed by atoms with van der Waals surface area (Å²) in [5.74, 6) is 0.373. The molecule has 4 aromatic rings. The van der Waals surface area contributed by atoms with Crippen molar-refractivity contribution >= 4 is 43.8 Å². The topological polar surface area (TPSA) is 113 Å². The van der Waals surface area contributed by atoms with Crippen molar-refractivity contribution in [2.24, 2.45) is 14.1 Å². The molecule has 12 heteroatoms. The number of thiazole rings is 1. The van der Waals surface area contributed by atoms with Crippen LogP contribution in [0.4, 0.5) is 5.13 Å². The molecular weight excluding hydrogens is 460 g/mol. The minimum Gasteiger partial charge on any atom is -0.494 e. The van der Waals surface area contributed by atoms with Gasteiger partial charge in [-0.05, 0) is 25.0 Å². The molecule has 0 bridgehead atoms. The summed E-state index contributed by atoms with van der Waals surface area (Å²) in [5, 5.41) is 0.532. The van der Waals surface area contributed by atoms with Crippen LogP contribution in [0.5, 0.6) is 5.75 Å². The molecule has 5 rings (SSSR count). The Hall–Kier alpha value is -3.51. The fraction of sp³-hybridized carbons (Fsp3) is 0.409. The number of rotatable bonds is 6. The van der Waals surface area contributed by atoms with Gasteiger partial charge in [-0.2, -0.15) is 0 Å². The van der Waals surface area contributed by atoms with Crippen LogP contribution in [0.3, 0.4) is 0 Å². The number of imidazole rings is 1. The number of benzene rings is 1. The van der Waals surface area contributed by atoms with Crippen molar-refractivity contribution in [3.8, 4) is 5.75 Å². The van der Waals surface area contributed by atoms with Gasteiger partial charge in [0.25, 0.3) is 5.56 Å². The first kappa shape index (κ1) is 22.3. The Labute approximate surface area is 197 Å². The molecule has 4 heterocycles. The van der Waals surface area contributed by atoms with Gasteiger partial charge in [-0.15, -0.1) is 0 Å². The van der Waals surface area contributed by atoms with Crippen LogP contribution in [0, 0.1) is 0 Å². The molecule has 178 valence electrons. The van der Waals surface area contributed by atoms with Crippen molar-refractivity contribution < 1.29 is 14.3 Å². The van der Waals surface area contributed by atoms with E-state index in [1.54, 1.807) is 19.1 Å². The van der Waals surface area contributed by atoms with E-state index in [2.05, 4.69) is 4.98 Å². The molecule has 1 amide bonds. The highest BCUT2D eigenvalue weighted by Crippen LogP contribution is 2.34. The minimum atomic E-state index is -0.501. The zero-order valence-corrected chi connectivity index (χ0v) is 19.9. The summed E-state index contributed by atoms with van der Waals surface area (Å²) in [6.07, 6.45) is 3.12. The van der Waals surface area contributed by atoms with Crippen LogP contribution in [0.15, 0.2) is 34.1 Å². The van der Waals surface area contributed by atoms with Gasteiger partial charge in [-0.1, -0.05) is 17.4 Å². The Morgan fingerprint density at radius 1 is 1.29 bits per heavy atom. The maximum absolute atomic E-state index is 13.6. The summed E-state index contributed by atoms with van der Waals surface area (Å²) in [7, 11) is 4.53. The van der Waals surface area contributed by atoms with Crippen molar-refractivity contribution in [3.63, 3.8) is 0 Å². The van der Waals surface area contributed by atoms with Gasteiger partial charge < -0.3 is 14.0 Å². The number of hydrogen-bond acceptors (Lipinski definition) is 8. The smallest absolute Gasteiger partial charge is 0.332 e. The predicted molar refractivity (Wildman–Crippen MR) is 128 cm³/mol. The van der Waals surface area contributed by atoms with Gasteiger partial charge in [0.15, 0.2) is 16.3 Å². The summed E-state index contributed by atoms with van der Waals surface area (Å²) >= 11 is 1.40. The van der Waals surface area contributed by atoms with Gasteiger partial charge >= 0.3 is 5.69 Å². The summed E-state index contributed by atoms with van der Waals surface area (Å²) < 4.78 is 15.9. The molecule has 11 nitrogen and oxygen atoms in total. The van der Waals surface area contributed by atoms with Crippen LogP contribution in [0.25, 0.3) is 21.4 Å². The van der Waals surface area contributed by atoms with Gasteiger partial charge in [0.05, 0.1) is 30.8 Å². The molecule has 34 heavy (non-hydrogen) atoms. The molecule has 0 saturated carbocycles. The standard InChI is InChI=1S/C22H24N6O5S/c1-25-19-18(20(30)26(2)22(25)31)27(12-23-19)11-16(29)28(10-13-6-5-9-33-13)21-24-17-14(32-3)7-4-8-15(17)34-21/h4,7-8,12-13H,5-6,9-11H2,1-3H3. The van der Waals surface area contributed by atoms with E-state index in [9.17, 15) is 14.4 Å². The van der Waals surface area contributed by atoms with E-state index in [1.807, 2.05) is 18.2 Å². The molecule has 1 aliphatic rings. The lowest BCUT2D eigenvalue weighted by atomic mass is 10.2. The number of aryl methyl sites for hydroxylation is 1. The summed E-state index contributed by atoms with van der Waals surface area (Å²) in [5.41, 5.74) is 0.140. The molecule has 0 spiro atoms. The average molecular weight is 485 g/mol. The van der Waals surface area contributed by atoms with E-state index in [4.69, 9.17) is 14.5 Å². The number of hydrogen-bond donors (Lipinski definition) is 0. The Kier molecular flexibility index (Phi) is 5.70. The van der Waals surface area contributed by atoms with Crippen LogP contribution in [-0.4, -0.2) is 55.9 Å². The molecule has 3 aromatic heterocycles. The molecule has 1 atom stereocenters.